The standard InChI is InChI=1S/C7H12O4S.Na/c1-11-7(8)5-2-3-6(4-5)12(9)10;/h5-6H,2-4H2,1H3,(H,9,10);/q;+1/p-1/t5-,6+;/m1./s1. The second-order valence-corrected chi connectivity index (χ2v) is 4.10. The fourth-order valence-electron chi connectivity index (χ4n) is 1.50. The largest absolute Gasteiger partial charge is 1.00 e. The van der Waals surface area contributed by atoms with E-state index in [2.05, 4.69) is 4.74 Å². The molecule has 4 nitrogen and oxygen atoms in total. The Balaban J connectivity index is 0.00000144. The van der Waals surface area contributed by atoms with Gasteiger partial charge in [-0.05, 0) is 19.3 Å². The molecule has 6 heteroatoms. The van der Waals surface area contributed by atoms with E-state index in [1.807, 2.05) is 0 Å². The van der Waals surface area contributed by atoms with Crippen LogP contribution in [0.2, 0.25) is 0 Å². The molecule has 1 saturated carbocycles. The molecule has 1 fully saturated rings. The predicted octanol–water partition coefficient (Wildman–Crippen LogP) is -2.79. The average molecular weight is 214 g/mol. The Labute approximate surface area is 102 Å². The molecule has 0 bridgehead atoms. The summed E-state index contributed by atoms with van der Waals surface area (Å²) in [7, 11) is 1.32. The Morgan fingerprint density at radius 2 is 2.15 bits per heavy atom. The summed E-state index contributed by atoms with van der Waals surface area (Å²) in [6.07, 6.45) is 1.63. The van der Waals surface area contributed by atoms with E-state index in [9.17, 15) is 13.6 Å². The van der Waals surface area contributed by atoms with Crippen LogP contribution >= 0.6 is 0 Å². The Kier molecular flexibility index (Phi) is 6.41. The molecule has 0 N–H and O–H groups in total. The van der Waals surface area contributed by atoms with E-state index in [1.54, 1.807) is 0 Å². The third kappa shape index (κ3) is 3.67. The first-order valence-electron chi connectivity index (χ1n) is 3.81. The Morgan fingerprint density at radius 1 is 1.54 bits per heavy atom. The molecule has 3 atom stereocenters. The van der Waals surface area contributed by atoms with E-state index in [0.717, 1.165) is 0 Å². The minimum absolute atomic E-state index is 0. The van der Waals surface area contributed by atoms with Gasteiger partial charge in [-0.1, -0.05) is 11.1 Å². The molecule has 0 spiro atoms. The predicted molar refractivity (Wildman–Crippen MR) is 42.1 cm³/mol. The van der Waals surface area contributed by atoms with Gasteiger partial charge in [-0.3, -0.25) is 9.00 Å². The van der Waals surface area contributed by atoms with Gasteiger partial charge in [0.05, 0.1) is 13.0 Å². The summed E-state index contributed by atoms with van der Waals surface area (Å²) in [4.78, 5) is 11.0. The molecule has 0 aliphatic heterocycles. The smallest absolute Gasteiger partial charge is 0.772 e. The quantitative estimate of drug-likeness (QED) is 0.283. The van der Waals surface area contributed by atoms with Crippen LogP contribution in [0.5, 0.6) is 0 Å². The monoisotopic (exact) mass is 214 g/mol. The van der Waals surface area contributed by atoms with Crippen molar-refractivity contribution < 1.29 is 47.9 Å². The zero-order valence-electron chi connectivity index (χ0n) is 7.82. The fourth-order valence-corrected chi connectivity index (χ4v) is 2.21. The van der Waals surface area contributed by atoms with E-state index >= 15 is 0 Å². The number of carbonyl (C=O) groups is 1. The van der Waals surface area contributed by atoms with Gasteiger partial charge in [0.15, 0.2) is 0 Å². The van der Waals surface area contributed by atoms with E-state index in [-0.39, 0.29) is 46.7 Å². The first kappa shape index (κ1) is 13.6. The first-order chi connectivity index (χ1) is 5.65. The van der Waals surface area contributed by atoms with Gasteiger partial charge in [0.25, 0.3) is 0 Å². The zero-order valence-corrected chi connectivity index (χ0v) is 10.6. The maximum absolute atomic E-state index is 11.0. The van der Waals surface area contributed by atoms with Crippen LogP contribution in [0.1, 0.15) is 19.3 Å². The van der Waals surface area contributed by atoms with Crippen LogP contribution in [0.3, 0.4) is 0 Å². The fraction of sp³-hybridized carbons (Fsp3) is 0.857. The molecular weight excluding hydrogens is 203 g/mol. The number of methoxy groups -OCH3 is 1. The van der Waals surface area contributed by atoms with Crippen molar-refractivity contribution in [2.45, 2.75) is 24.5 Å². The van der Waals surface area contributed by atoms with E-state index in [1.165, 1.54) is 7.11 Å². The summed E-state index contributed by atoms with van der Waals surface area (Å²) in [6, 6.07) is 0. The summed E-state index contributed by atoms with van der Waals surface area (Å²) in [5.74, 6) is -0.499. The number of ether oxygens (including phenoxy) is 1. The van der Waals surface area contributed by atoms with Gasteiger partial charge in [0.1, 0.15) is 0 Å². The molecule has 0 aromatic rings. The van der Waals surface area contributed by atoms with Crippen LogP contribution in [0, 0.1) is 5.92 Å². The maximum atomic E-state index is 11.0. The van der Waals surface area contributed by atoms with Crippen LogP contribution in [-0.4, -0.2) is 27.1 Å². The molecule has 0 aromatic carbocycles. The molecule has 0 aromatic heterocycles. The van der Waals surface area contributed by atoms with E-state index < -0.39 is 11.1 Å². The number of carbonyl (C=O) groups excluding carboxylic acids is 1. The molecule has 1 aliphatic carbocycles. The molecule has 0 amide bonds. The van der Waals surface area contributed by atoms with Gasteiger partial charge < -0.3 is 9.29 Å². The van der Waals surface area contributed by atoms with Crippen LogP contribution in [-0.2, 0) is 20.6 Å². The molecular formula is C7H11NaO4S. The summed E-state index contributed by atoms with van der Waals surface area (Å²) < 4.78 is 25.5. The van der Waals surface area contributed by atoms with Crippen LogP contribution in [0.4, 0.5) is 0 Å². The number of hydrogen-bond donors (Lipinski definition) is 0. The van der Waals surface area contributed by atoms with Crippen molar-refractivity contribution in [3.63, 3.8) is 0 Å². The van der Waals surface area contributed by atoms with Crippen LogP contribution < -0.4 is 29.6 Å². The molecule has 1 rings (SSSR count). The van der Waals surface area contributed by atoms with Gasteiger partial charge in [-0.15, -0.1) is 0 Å². The second kappa shape index (κ2) is 6.14. The Bertz CT molecular complexity index is 209. The van der Waals surface area contributed by atoms with Crippen molar-refractivity contribution in [2.24, 2.45) is 5.92 Å². The van der Waals surface area contributed by atoms with Crippen molar-refractivity contribution in [3.8, 4) is 0 Å². The van der Waals surface area contributed by atoms with Crippen molar-refractivity contribution in [3.05, 3.63) is 0 Å². The Morgan fingerprint density at radius 3 is 2.54 bits per heavy atom. The van der Waals surface area contributed by atoms with Crippen molar-refractivity contribution in [1.82, 2.24) is 0 Å². The van der Waals surface area contributed by atoms with Crippen molar-refractivity contribution >= 4 is 17.0 Å². The minimum Gasteiger partial charge on any atom is -0.772 e. The summed E-state index contributed by atoms with van der Waals surface area (Å²) >= 11 is -2.04. The third-order valence-electron chi connectivity index (χ3n) is 2.19. The molecule has 0 radical (unpaired) electrons. The van der Waals surface area contributed by atoms with Gasteiger partial charge in [0.2, 0.25) is 0 Å². The van der Waals surface area contributed by atoms with Gasteiger partial charge in [-0.25, -0.2) is 0 Å². The molecule has 1 unspecified atom stereocenters. The second-order valence-electron chi connectivity index (χ2n) is 2.92. The summed E-state index contributed by atoms with van der Waals surface area (Å²) in [5, 5.41) is -0.353. The zero-order chi connectivity index (χ0) is 9.14. The van der Waals surface area contributed by atoms with E-state index in [4.69, 9.17) is 0 Å². The first-order valence-corrected chi connectivity index (χ1v) is 4.95. The van der Waals surface area contributed by atoms with Crippen molar-refractivity contribution in [1.29, 1.82) is 0 Å². The van der Waals surface area contributed by atoms with Crippen LogP contribution in [0.15, 0.2) is 0 Å². The number of esters is 1. The number of hydrogen-bond acceptors (Lipinski definition) is 4. The summed E-state index contributed by atoms with van der Waals surface area (Å²) in [5.41, 5.74) is 0. The van der Waals surface area contributed by atoms with Gasteiger partial charge in [-0.2, -0.15) is 0 Å². The molecule has 0 saturated heterocycles. The van der Waals surface area contributed by atoms with Gasteiger partial charge in [0, 0.05) is 5.25 Å². The third-order valence-corrected chi connectivity index (χ3v) is 3.16. The minimum atomic E-state index is -2.04. The van der Waals surface area contributed by atoms with Gasteiger partial charge >= 0.3 is 35.5 Å². The maximum Gasteiger partial charge on any atom is 1.00 e. The SMILES string of the molecule is COC(=O)[C@@H]1CC[C@H](S(=O)[O-])C1.[Na+]. The normalized spacial score (nSPS) is 29.1. The summed E-state index contributed by atoms with van der Waals surface area (Å²) in [6.45, 7) is 0. The molecule has 70 valence electrons. The average Bonchev–Trinajstić information content (AvgIpc) is 2.51. The Hall–Kier alpha value is 0.580. The molecule has 13 heavy (non-hydrogen) atoms. The van der Waals surface area contributed by atoms with E-state index in [0.29, 0.717) is 19.3 Å². The van der Waals surface area contributed by atoms with Crippen molar-refractivity contribution in [2.75, 3.05) is 7.11 Å². The topological polar surface area (TPSA) is 66.4 Å². The van der Waals surface area contributed by atoms with Crippen LogP contribution in [0.25, 0.3) is 0 Å². The number of rotatable bonds is 2. The molecule has 0 heterocycles. The molecule has 1 aliphatic rings.